The minimum absolute atomic E-state index is 0.193. The summed E-state index contributed by atoms with van der Waals surface area (Å²) in [5.74, 6) is 1.34. The van der Waals surface area contributed by atoms with E-state index < -0.39 is 6.04 Å². The molecule has 1 atom stereocenters. The summed E-state index contributed by atoms with van der Waals surface area (Å²) in [5, 5.41) is 8.32. The third-order valence-electron chi connectivity index (χ3n) is 5.91. The molecule has 0 bridgehead atoms. The molecule has 1 N–H and O–H groups in total. The maximum absolute atomic E-state index is 12.8. The van der Waals surface area contributed by atoms with E-state index in [-0.39, 0.29) is 18.0 Å². The zero-order chi connectivity index (χ0) is 22.8. The normalized spacial score (nSPS) is 18.9. The van der Waals surface area contributed by atoms with Crippen molar-refractivity contribution in [1.29, 1.82) is 0 Å². The number of likely N-dealkylation sites (tertiary alicyclic amines) is 1. The van der Waals surface area contributed by atoms with Gasteiger partial charge in [-0.1, -0.05) is 19.9 Å². The highest BCUT2D eigenvalue weighted by Gasteiger charge is 2.35. The molecule has 0 spiro atoms. The van der Waals surface area contributed by atoms with Crippen LogP contribution in [0.15, 0.2) is 28.9 Å². The van der Waals surface area contributed by atoms with Gasteiger partial charge in [-0.2, -0.15) is 9.78 Å². The van der Waals surface area contributed by atoms with Gasteiger partial charge in [-0.05, 0) is 59.8 Å². The summed E-state index contributed by atoms with van der Waals surface area (Å²) in [6, 6.07) is 5.11. The summed E-state index contributed by atoms with van der Waals surface area (Å²) >= 11 is 3.46. The van der Waals surface area contributed by atoms with Gasteiger partial charge in [-0.3, -0.25) is 0 Å². The zero-order valence-electron chi connectivity index (χ0n) is 19.0. The number of aromatic nitrogens is 3. The molecule has 0 radical (unpaired) electrons. The second-order valence-electron chi connectivity index (χ2n) is 8.34. The molecule has 32 heavy (non-hydrogen) atoms. The lowest BCUT2D eigenvalue weighted by molar-refractivity contribution is -0.142. The number of ether oxygens (including phenoxy) is 2. The van der Waals surface area contributed by atoms with Crippen molar-refractivity contribution >= 4 is 33.4 Å². The van der Waals surface area contributed by atoms with E-state index in [4.69, 9.17) is 14.6 Å². The summed E-state index contributed by atoms with van der Waals surface area (Å²) < 4.78 is 13.4. The van der Waals surface area contributed by atoms with E-state index in [0.29, 0.717) is 12.4 Å². The minimum Gasteiger partial charge on any atom is -0.464 e. The molecule has 1 unspecified atom stereocenters. The molecule has 9 heteroatoms. The van der Waals surface area contributed by atoms with Crippen LogP contribution < -0.4 is 5.32 Å². The van der Waals surface area contributed by atoms with Crippen LogP contribution in [0.5, 0.6) is 0 Å². The van der Waals surface area contributed by atoms with Crippen LogP contribution in [0.3, 0.4) is 0 Å². The number of anilines is 1. The molecular weight excluding hydrogens is 474 g/mol. The van der Waals surface area contributed by atoms with Gasteiger partial charge in [0.15, 0.2) is 5.82 Å². The first-order valence-corrected chi connectivity index (χ1v) is 11.9. The number of fused-ring (bicyclic) bond motifs is 1. The summed E-state index contributed by atoms with van der Waals surface area (Å²) in [5.41, 5.74) is 3.02. The molecule has 0 aromatic carbocycles. The lowest BCUT2D eigenvalue weighted by atomic mass is 9.96. The smallest absolute Gasteiger partial charge is 0.332 e. The highest BCUT2D eigenvalue weighted by molar-refractivity contribution is 9.10. The molecule has 4 rings (SSSR count). The van der Waals surface area contributed by atoms with Crippen molar-refractivity contribution in [2.24, 2.45) is 0 Å². The average Bonchev–Trinajstić information content (AvgIpc) is 3.19. The van der Waals surface area contributed by atoms with Crippen molar-refractivity contribution in [2.75, 3.05) is 32.1 Å². The second kappa shape index (κ2) is 9.62. The predicted molar refractivity (Wildman–Crippen MR) is 127 cm³/mol. The molecule has 1 fully saturated rings. The lowest BCUT2D eigenvalue weighted by Crippen LogP contribution is -2.40. The Balaban J connectivity index is 1.83. The first-order chi connectivity index (χ1) is 15.4. The topological polar surface area (TPSA) is 81.5 Å². The Kier molecular flexibility index (Phi) is 6.85. The Labute approximate surface area is 197 Å². The minimum atomic E-state index is -0.597. The van der Waals surface area contributed by atoms with Gasteiger partial charge in [0.05, 0.1) is 24.0 Å². The van der Waals surface area contributed by atoms with Gasteiger partial charge >= 0.3 is 5.97 Å². The molecule has 4 heterocycles. The number of methoxy groups -OCH3 is 1. The lowest BCUT2D eigenvalue weighted by Gasteiger charge is -2.37. The first kappa shape index (κ1) is 22.8. The highest BCUT2D eigenvalue weighted by atomic mass is 79.9. The van der Waals surface area contributed by atoms with Crippen LogP contribution in [0.2, 0.25) is 0 Å². The highest BCUT2D eigenvalue weighted by Crippen LogP contribution is 2.40. The third-order valence-corrected chi connectivity index (χ3v) is 6.35. The fourth-order valence-corrected chi connectivity index (χ4v) is 4.63. The van der Waals surface area contributed by atoms with Crippen molar-refractivity contribution in [3.8, 4) is 5.82 Å². The van der Waals surface area contributed by atoms with Gasteiger partial charge < -0.3 is 19.7 Å². The molecule has 2 aliphatic rings. The van der Waals surface area contributed by atoms with Crippen molar-refractivity contribution in [3.63, 3.8) is 0 Å². The molecule has 172 valence electrons. The number of nitrogens with zero attached hydrogens (tertiary/aromatic N) is 4. The standard InChI is InChI=1S/C23H30BrN5O3/c1-5-32-23(30)16-13-17(28-11-9-15(31-4)10-12-28)20-21(14(2)3)27-29(22(20)25-16)19-8-6-7-18(24)26-19/h6-8,13-16,25H,5,9-12H2,1-4H3. The van der Waals surface area contributed by atoms with Crippen LogP contribution in [0.25, 0.3) is 11.5 Å². The molecular formula is C23H30BrN5O3. The molecule has 2 aromatic rings. The first-order valence-electron chi connectivity index (χ1n) is 11.1. The number of rotatable bonds is 6. The van der Waals surface area contributed by atoms with Gasteiger partial charge in [0.1, 0.15) is 16.5 Å². The molecule has 0 saturated carbocycles. The van der Waals surface area contributed by atoms with Crippen molar-refractivity contribution in [3.05, 3.63) is 40.1 Å². The average molecular weight is 504 g/mol. The Morgan fingerprint density at radius 2 is 2.06 bits per heavy atom. The van der Waals surface area contributed by atoms with Crippen molar-refractivity contribution in [2.45, 2.75) is 51.7 Å². The van der Waals surface area contributed by atoms with Gasteiger partial charge in [-0.25, -0.2) is 9.78 Å². The largest absolute Gasteiger partial charge is 0.464 e. The van der Waals surface area contributed by atoms with Crippen LogP contribution in [-0.4, -0.2) is 64.6 Å². The maximum Gasteiger partial charge on any atom is 0.332 e. The Hall–Kier alpha value is -2.39. The summed E-state index contributed by atoms with van der Waals surface area (Å²) in [7, 11) is 1.77. The third kappa shape index (κ3) is 4.41. The molecule has 2 aromatic heterocycles. The van der Waals surface area contributed by atoms with Gasteiger partial charge in [0.2, 0.25) is 0 Å². The number of esters is 1. The van der Waals surface area contributed by atoms with Crippen LogP contribution in [0.4, 0.5) is 5.82 Å². The quantitative estimate of drug-likeness (QED) is 0.471. The van der Waals surface area contributed by atoms with Crippen LogP contribution >= 0.6 is 15.9 Å². The van der Waals surface area contributed by atoms with Gasteiger partial charge in [-0.15, -0.1) is 0 Å². The Morgan fingerprint density at radius 1 is 1.31 bits per heavy atom. The molecule has 0 amide bonds. The monoisotopic (exact) mass is 503 g/mol. The van der Waals surface area contributed by atoms with E-state index in [2.05, 4.69) is 45.0 Å². The predicted octanol–water partition coefficient (Wildman–Crippen LogP) is 3.96. The van der Waals surface area contributed by atoms with Crippen LogP contribution in [0.1, 0.15) is 50.8 Å². The van der Waals surface area contributed by atoms with E-state index in [1.165, 1.54) is 0 Å². The van der Waals surface area contributed by atoms with E-state index in [1.807, 2.05) is 31.2 Å². The number of pyridine rings is 1. The van der Waals surface area contributed by atoms with Crippen LogP contribution in [-0.2, 0) is 14.3 Å². The number of hydrogen-bond acceptors (Lipinski definition) is 7. The number of nitrogens with one attached hydrogen (secondary N) is 1. The fourth-order valence-electron chi connectivity index (χ4n) is 4.29. The number of hydrogen-bond donors (Lipinski definition) is 1. The van der Waals surface area contributed by atoms with Gasteiger partial charge in [0.25, 0.3) is 0 Å². The number of halogens is 1. The van der Waals surface area contributed by atoms with Crippen LogP contribution in [0, 0.1) is 0 Å². The molecule has 1 saturated heterocycles. The number of piperidine rings is 1. The Bertz CT molecular complexity index is 1010. The zero-order valence-corrected chi connectivity index (χ0v) is 20.6. The van der Waals surface area contributed by atoms with E-state index >= 15 is 0 Å². The summed E-state index contributed by atoms with van der Waals surface area (Å²) in [6.07, 6.45) is 4.14. The van der Waals surface area contributed by atoms with E-state index in [0.717, 1.165) is 53.3 Å². The fraction of sp³-hybridized carbons (Fsp3) is 0.522. The summed E-state index contributed by atoms with van der Waals surface area (Å²) in [6.45, 7) is 8.13. The second-order valence-corrected chi connectivity index (χ2v) is 9.15. The SMILES string of the molecule is CCOC(=O)C1C=C(N2CCC(OC)CC2)c2c(C(C)C)nn(-c3cccc(Br)n3)c2N1. The van der Waals surface area contributed by atoms with E-state index in [1.54, 1.807) is 11.8 Å². The summed E-state index contributed by atoms with van der Waals surface area (Å²) in [4.78, 5) is 19.7. The van der Waals surface area contributed by atoms with E-state index in [9.17, 15) is 4.79 Å². The number of carbonyl (C=O) groups is 1. The van der Waals surface area contributed by atoms with Gasteiger partial charge in [0, 0.05) is 25.9 Å². The molecule has 0 aliphatic carbocycles. The Morgan fingerprint density at radius 3 is 2.69 bits per heavy atom. The molecule has 8 nitrogen and oxygen atoms in total. The van der Waals surface area contributed by atoms with Crippen molar-refractivity contribution in [1.82, 2.24) is 19.7 Å². The van der Waals surface area contributed by atoms with Crippen molar-refractivity contribution < 1.29 is 14.3 Å². The number of carbonyl (C=O) groups excluding carboxylic acids is 1. The maximum atomic E-state index is 12.8. The molecule has 2 aliphatic heterocycles.